The molecule has 0 aliphatic heterocycles. The summed E-state index contributed by atoms with van der Waals surface area (Å²) in [6.07, 6.45) is 0. The first kappa shape index (κ1) is 21.6. The van der Waals surface area contributed by atoms with E-state index in [0.29, 0.717) is 16.9 Å². The molecule has 0 bridgehead atoms. The van der Waals surface area contributed by atoms with Gasteiger partial charge in [0.1, 0.15) is 5.75 Å². The smallest absolute Gasteiger partial charge is 0.337 e. The molecule has 0 radical (unpaired) electrons. The summed E-state index contributed by atoms with van der Waals surface area (Å²) in [5.74, 6) is -0.103. The van der Waals surface area contributed by atoms with Crippen LogP contribution in [0.5, 0.6) is 11.8 Å². The molecule has 0 amide bonds. The molecule has 10 heteroatoms. The number of nitrogens with zero attached hydrogens (tertiary/aromatic N) is 5. The number of esters is 1. The van der Waals surface area contributed by atoms with E-state index in [4.69, 9.17) is 14.7 Å². The zero-order valence-corrected chi connectivity index (χ0v) is 18.1. The SMILES string of the molecule is COC(=O)c1ccc(Oc2nc3c(c(=O)n(C)c(=O)n3C)n2Cc2ccc(C#N)cc2)cc1. The molecule has 2 aromatic carbocycles. The van der Waals surface area contributed by atoms with Gasteiger partial charge in [-0.3, -0.25) is 18.5 Å². The van der Waals surface area contributed by atoms with E-state index in [1.165, 1.54) is 25.8 Å². The van der Waals surface area contributed by atoms with Crippen LogP contribution >= 0.6 is 0 Å². The number of benzene rings is 2. The largest absolute Gasteiger partial charge is 0.465 e. The Balaban J connectivity index is 1.84. The fourth-order valence-corrected chi connectivity index (χ4v) is 3.40. The fourth-order valence-electron chi connectivity index (χ4n) is 3.40. The molecule has 4 rings (SSSR count). The minimum atomic E-state index is -0.510. The van der Waals surface area contributed by atoms with Crippen molar-refractivity contribution in [2.24, 2.45) is 14.1 Å². The van der Waals surface area contributed by atoms with E-state index in [9.17, 15) is 14.4 Å². The van der Waals surface area contributed by atoms with Crippen LogP contribution < -0.4 is 16.0 Å². The molecule has 0 aliphatic carbocycles. The summed E-state index contributed by atoms with van der Waals surface area (Å²) in [7, 11) is 4.22. The molecule has 0 N–H and O–H groups in total. The summed E-state index contributed by atoms with van der Waals surface area (Å²) in [4.78, 5) is 41.5. The van der Waals surface area contributed by atoms with Crippen LogP contribution in [0.25, 0.3) is 11.2 Å². The third-order valence-corrected chi connectivity index (χ3v) is 5.22. The Morgan fingerprint density at radius 1 is 1.03 bits per heavy atom. The molecule has 2 aromatic heterocycles. The molecule has 0 aliphatic rings. The van der Waals surface area contributed by atoms with Crippen LogP contribution in [0.4, 0.5) is 0 Å². The third-order valence-electron chi connectivity index (χ3n) is 5.22. The summed E-state index contributed by atoms with van der Waals surface area (Å²) in [5, 5.41) is 9.04. The van der Waals surface area contributed by atoms with Crippen LogP contribution in [0.15, 0.2) is 58.1 Å². The summed E-state index contributed by atoms with van der Waals surface area (Å²) >= 11 is 0. The van der Waals surface area contributed by atoms with Gasteiger partial charge in [-0.05, 0) is 42.0 Å². The van der Waals surface area contributed by atoms with E-state index >= 15 is 0 Å². The van der Waals surface area contributed by atoms with Gasteiger partial charge in [0, 0.05) is 14.1 Å². The van der Waals surface area contributed by atoms with Crippen molar-refractivity contribution in [1.29, 1.82) is 5.26 Å². The first-order chi connectivity index (χ1) is 15.8. The van der Waals surface area contributed by atoms with Crippen LogP contribution in [0.2, 0.25) is 0 Å². The Kier molecular flexibility index (Phi) is 5.54. The number of rotatable bonds is 5. The van der Waals surface area contributed by atoms with E-state index in [1.807, 2.05) is 0 Å². The monoisotopic (exact) mass is 445 g/mol. The van der Waals surface area contributed by atoms with Crippen molar-refractivity contribution < 1.29 is 14.3 Å². The molecule has 0 unspecified atom stereocenters. The molecular weight excluding hydrogens is 426 g/mol. The zero-order valence-electron chi connectivity index (χ0n) is 18.1. The van der Waals surface area contributed by atoms with Crippen molar-refractivity contribution in [1.82, 2.24) is 18.7 Å². The molecule has 4 aromatic rings. The maximum absolute atomic E-state index is 13.0. The van der Waals surface area contributed by atoms with Crippen molar-refractivity contribution in [3.05, 3.63) is 86.1 Å². The highest BCUT2D eigenvalue weighted by Gasteiger charge is 2.21. The van der Waals surface area contributed by atoms with Crippen molar-refractivity contribution in [2.75, 3.05) is 7.11 Å². The van der Waals surface area contributed by atoms with Crippen molar-refractivity contribution in [3.8, 4) is 17.8 Å². The lowest BCUT2D eigenvalue weighted by Crippen LogP contribution is -2.37. The average Bonchev–Trinajstić information content (AvgIpc) is 3.19. The topological polar surface area (TPSA) is 121 Å². The lowest BCUT2D eigenvalue weighted by molar-refractivity contribution is 0.0600. The first-order valence-electron chi connectivity index (χ1n) is 9.85. The van der Waals surface area contributed by atoms with Crippen molar-refractivity contribution in [2.45, 2.75) is 6.54 Å². The van der Waals surface area contributed by atoms with E-state index in [1.54, 1.807) is 53.1 Å². The van der Waals surface area contributed by atoms with Crippen LogP contribution in [0, 0.1) is 11.3 Å². The van der Waals surface area contributed by atoms with Gasteiger partial charge >= 0.3 is 17.7 Å². The number of carbonyl (C=O) groups excluding carboxylic acids is 1. The minimum absolute atomic E-state index is 0.0958. The number of carbonyl (C=O) groups is 1. The predicted octanol–water partition coefficient (Wildman–Crippen LogP) is 1.93. The lowest BCUT2D eigenvalue weighted by Gasteiger charge is -2.11. The second kappa shape index (κ2) is 8.47. The number of imidazole rings is 1. The van der Waals surface area contributed by atoms with Crippen LogP contribution in [-0.4, -0.2) is 31.8 Å². The standard InChI is InChI=1S/C23H19N5O5/c1-26-19-18(20(29)27(2)23(26)31)28(13-15-6-4-14(12-24)5-7-15)22(25-19)33-17-10-8-16(9-11-17)21(30)32-3/h4-11H,13H2,1-3H3. The highest BCUT2D eigenvalue weighted by Crippen LogP contribution is 2.25. The van der Waals surface area contributed by atoms with Gasteiger partial charge in [0.2, 0.25) is 0 Å². The Morgan fingerprint density at radius 3 is 2.30 bits per heavy atom. The molecule has 33 heavy (non-hydrogen) atoms. The van der Waals surface area contributed by atoms with Gasteiger partial charge in [-0.25, -0.2) is 9.59 Å². The summed E-state index contributed by atoms with van der Waals surface area (Å²) in [6.45, 7) is 0.214. The highest BCUT2D eigenvalue weighted by atomic mass is 16.5. The fraction of sp³-hybridized carbons (Fsp3) is 0.174. The van der Waals surface area contributed by atoms with Gasteiger partial charge < -0.3 is 9.47 Å². The molecule has 0 spiro atoms. The van der Waals surface area contributed by atoms with Crippen molar-refractivity contribution in [3.63, 3.8) is 0 Å². The zero-order chi connectivity index (χ0) is 23.7. The second-order valence-corrected chi connectivity index (χ2v) is 7.29. The van der Waals surface area contributed by atoms with Crippen LogP contribution in [-0.2, 0) is 25.4 Å². The number of hydrogen-bond donors (Lipinski definition) is 0. The van der Waals surface area contributed by atoms with Crippen molar-refractivity contribution >= 4 is 17.1 Å². The van der Waals surface area contributed by atoms with Crippen LogP contribution in [0.3, 0.4) is 0 Å². The van der Waals surface area contributed by atoms with Gasteiger partial charge in [-0.1, -0.05) is 12.1 Å². The number of fused-ring (bicyclic) bond motifs is 1. The minimum Gasteiger partial charge on any atom is -0.465 e. The number of hydrogen-bond acceptors (Lipinski definition) is 7. The Bertz CT molecular complexity index is 1520. The maximum atomic E-state index is 13.0. The number of aryl methyl sites for hydroxylation is 1. The molecule has 10 nitrogen and oxygen atoms in total. The quantitative estimate of drug-likeness (QED) is 0.430. The van der Waals surface area contributed by atoms with Crippen LogP contribution in [0.1, 0.15) is 21.5 Å². The Morgan fingerprint density at radius 2 is 1.70 bits per heavy atom. The van der Waals surface area contributed by atoms with Gasteiger partial charge in [0.25, 0.3) is 5.56 Å². The van der Waals surface area contributed by atoms with E-state index in [2.05, 4.69) is 11.1 Å². The Hall–Kier alpha value is -4.65. The first-order valence-corrected chi connectivity index (χ1v) is 9.85. The van der Waals surface area contributed by atoms with E-state index < -0.39 is 17.2 Å². The van der Waals surface area contributed by atoms with Gasteiger partial charge in [0.05, 0.1) is 30.9 Å². The number of ether oxygens (including phenoxy) is 2. The summed E-state index contributed by atoms with van der Waals surface area (Å²) in [5.41, 5.74) is 1.02. The summed E-state index contributed by atoms with van der Waals surface area (Å²) in [6, 6.07) is 15.3. The lowest BCUT2D eigenvalue weighted by atomic mass is 10.1. The highest BCUT2D eigenvalue weighted by molar-refractivity contribution is 5.89. The average molecular weight is 445 g/mol. The molecule has 0 saturated carbocycles. The third kappa shape index (κ3) is 3.87. The molecule has 166 valence electrons. The van der Waals surface area contributed by atoms with Gasteiger partial charge in [0.15, 0.2) is 11.2 Å². The van der Waals surface area contributed by atoms with E-state index in [-0.39, 0.29) is 23.7 Å². The predicted molar refractivity (Wildman–Crippen MR) is 118 cm³/mol. The molecule has 0 saturated heterocycles. The molecule has 0 fully saturated rings. The van der Waals surface area contributed by atoms with Gasteiger partial charge in [-0.2, -0.15) is 10.2 Å². The number of methoxy groups -OCH3 is 1. The molecule has 2 heterocycles. The normalized spacial score (nSPS) is 10.7. The Labute approximate surface area is 187 Å². The van der Waals surface area contributed by atoms with Gasteiger partial charge in [-0.15, -0.1) is 0 Å². The number of aromatic nitrogens is 4. The second-order valence-electron chi connectivity index (χ2n) is 7.29. The number of nitriles is 1. The van der Waals surface area contributed by atoms with E-state index in [0.717, 1.165) is 10.1 Å². The molecular formula is C23H19N5O5. The molecule has 0 atom stereocenters. The maximum Gasteiger partial charge on any atom is 0.337 e. The summed E-state index contributed by atoms with van der Waals surface area (Å²) < 4.78 is 14.5.